The van der Waals surface area contributed by atoms with Gasteiger partial charge in [-0.05, 0) is 12.5 Å². The highest BCUT2D eigenvalue weighted by Gasteiger charge is 2.18. The van der Waals surface area contributed by atoms with E-state index in [1.165, 1.54) is 12.1 Å². The molecule has 1 aromatic heterocycles. The van der Waals surface area contributed by atoms with Crippen LogP contribution in [0.2, 0.25) is 0 Å². The first-order valence-electron chi connectivity index (χ1n) is 6.59. The summed E-state index contributed by atoms with van der Waals surface area (Å²) in [5, 5.41) is 17.9. The minimum absolute atomic E-state index is 0.120. The van der Waals surface area contributed by atoms with Crippen LogP contribution in [0.3, 0.4) is 0 Å². The average Bonchev–Trinajstić information content (AvgIpc) is 2.85. The number of aryl methyl sites for hydroxylation is 1. The molecule has 2 rings (SSSR count). The Kier molecular flexibility index (Phi) is 4.45. The van der Waals surface area contributed by atoms with E-state index in [2.05, 4.69) is 10.4 Å². The van der Waals surface area contributed by atoms with Crippen LogP contribution in [-0.2, 0) is 16.4 Å². The molecule has 0 bridgehead atoms. The lowest BCUT2D eigenvalue weighted by molar-refractivity contribution is -0.385. The monoisotopic (exact) mass is 324 g/mol. The van der Waals surface area contributed by atoms with Crippen LogP contribution in [0.1, 0.15) is 13.3 Å². The molecule has 0 amide bonds. The van der Waals surface area contributed by atoms with Crippen molar-refractivity contribution in [1.29, 1.82) is 0 Å². The topological polar surface area (TPSA) is 107 Å². The van der Waals surface area contributed by atoms with Gasteiger partial charge in [-0.15, -0.1) is 0 Å². The molecule has 118 valence electrons. The number of rotatable bonds is 6. The lowest BCUT2D eigenvalue weighted by atomic mass is 10.3. The van der Waals surface area contributed by atoms with Gasteiger partial charge in [0, 0.05) is 31.1 Å². The zero-order valence-corrected chi connectivity index (χ0v) is 13.0. The molecule has 1 aromatic carbocycles. The van der Waals surface area contributed by atoms with Crippen LogP contribution in [0.4, 0.5) is 17.1 Å². The zero-order valence-electron chi connectivity index (χ0n) is 12.2. The van der Waals surface area contributed by atoms with Gasteiger partial charge in [-0.1, -0.05) is 6.92 Å². The number of benzene rings is 1. The quantitative estimate of drug-likeness (QED) is 0.645. The molecule has 8 nitrogen and oxygen atoms in total. The maximum atomic E-state index is 11.8. The van der Waals surface area contributed by atoms with Crippen molar-refractivity contribution in [3.05, 3.63) is 40.7 Å². The predicted molar refractivity (Wildman–Crippen MR) is 82.0 cm³/mol. The van der Waals surface area contributed by atoms with Crippen molar-refractivity contribution in [2.45, 2.75) is 24.8 Å². The van der Waals surface area contributed by atoms with Gasteiger partial charge in [0.25, 0.3) is 5.69 Å². The largest absolute Gasteiger partial charge is 0.352 e. The van der Waals surface area contributed by atoms with Gasteiger partial charge < -0.3 is 5.32 Å². The highest BCUT2D eigenvalue weighted by Crippen LogP contribution is 2.28. The van der Waals surface area contributed by atoms with Crippen LogP contribution in [0.15, 0.2) is 35.5 Å². The molecule has 0 radical (unpaired) electrons. The van der Waals surface area contributed by atoms with E-state index in [1.807, 2.05) is 6.92 Å². The minimum atomic E-state index is -3.61. The molecule has 1 heterocycles. The standard InChI is InChI=1S/C13H16N4O4S/c1-3-6-16-9-10(8-14-16)15-12-5-4-11(17(18)19)7-13(12)22(2,20)21/h4-5,7-9,15H,3,6H2,1-2H3. The average molecular weight is 324 g/mol. The van der Waals surface area contributed by atoms with Gasteiger partial charge in [0.1, 0.15) is 0 Å². The Bertz CT molecular complexity index is 798. The molecule has 22 heavy (non-hydrogen) atoms. The SMILES string of the molecule is CCCn1cc(Nc2ccc([N+](=O)[O-])cc2S(C)(=O)=O)cn1. The van der Waals surface area contributed by atoms with E-state index >= 15 is 0 Å². The third-order valence-corrected chi connectivity index (χ3v) is 4.08. The lowest BCUT2D eigenvalue weighted by Crippen LogP contribution is -2.04. The number of hydrogen-bond donors (Lipinski definition) is 1. The summed E-state index contributed by atoms with van der Waals surface area (Å²) in [6, 6.07) is 3.69. The number of hydrogen-bond acceptors (Lipinski definition) is 6. The second-order valence-corrected chi connectivity index (χ2v) is 6.81. The number of non-ortho nitro benzene ring substituents is 1. The van der Waals surface area contributed by atoms with Gasteiger partial charge in [0.15, 0.2) is 9.84 Å². The highest BCUT2D eigenvalue weighted by molar-refractivity contribution is 7.90. The first kappa shape index (κ1) is 16.0. The Balaban J connectivity index is 2.39. The van der Waals surface area contributed by atoms with Crippen molar-refractivity contribution in [2.75, 3.05) is 11.6 Å². The maximum Gasteiger partial charge on any atom is 0.270 e. The molecular formula is C13H16N4O4S. The highest BCUT2D eigenvalue weighted by atomic mass is 32.2. The van der Waals surface area contributed by atoms with Crippen LogP contribution >= 0.6 is 0 Å². The molecule has 0 fully saturated rings. The van der Waals surface area contributed by atoms with Crippen LogP contribution in [0.25, 0.3) is 0 Å². The van der Waals surface area contributed by atoms with Gasteiger partial charge >= 0.3 is 0 Å². The Morgan fingerprint density at radius 2 is 2.14 bits per heavy atom. The van der Waals surface area contributed by atoms with Crippen molar-refractivity contribution in [2.24, 2.45) is 0 Å². The molecule has 0 spiro atoms. The number of nitrogens with zero attached hydrogens (tertiary/aromatic N) is 3. The van der Waals surface area contributed by atoms with Gasteiger partial charge in [0.05, 0.1) is 27.4 Å². The second-order valence-electron chi connectivity index (χ2n) is 4.83. The summed E-state index contributed by atoms with van der Waals surface area (Å²) in [7, 11) is -3.61. The van der Waals surface area contributed by atoms with Gasteiger partial charge in [-0.25, -0.2) is 8.42 Å². The minimum Gasteiger partial charge on any atom is -0.352 e. The van der Waals surface area contributed by atoms with Crippen molar-refractivity contribution in [1.82, 2.24) is 9.78 Å². The number of anilines is 2. The predicted octanol–water partition coefficient (Wildman–Crippen LogP) is 2.35. The van der Waals surface area contributed by atoms with E-state index in [-0.39, 0.29) is 16.3 Å². The van der Waals surface area contributed by atoms with Crippen LogP contribution in [0.5, 0.6) is 0 Å². The summed E-state index contributed by atoms with van der Waals surface area (Å²) in [6.07, 6.45) is 5.26. The molecule has 0 unspecified atom stereocenters. The summed E-state index contributed by atoms with van der Waals surface area (Å²) in [5.74, 6) is 0. The van der Waals surface area contributed by atoms with Crippen LogP contribution in [0, 0.1) is 10.1 Å². The smallest absolute Gasteiger partial charge is 0.270 e. The summed E-state index contributed by atoms with van der Waals surface area (Å²) in [4.78, 5) is 10.1. The van der Waals surface area contributed by atoms with Gasteiger partial charge in [-0.3, -0.25) is 14.8 Å². The van der Waals surface area contributed by atoms with E-state index < -0.39 is 14.8 Å². The third-order valence-electron chi connectivity index (χ3n) is 2.94. The molecular weight excluding hydrogens is 308 g/mol. The summed E-state index contributed by atoms with van der Waals surface area (Å²) < 4.78 is 25.4. The molecule has 0 aliphatic rings. The number of nitro groups is 1. The zero-order chi connectivity index (χ0) is 16.3. The molecule has 1 N–H and O–H groups in total. The molecule has 0 atom stereocenters. The number of nitrogens with one attached hydrogen (secondary N) is 1. The Hall–Kier alpha value is -2.42. The van der Waals surface area contributed by atoms with Crippen molar-refractivity contribution in [3.8, 4) is 0 Å². The molecule has 2 aromatic rings. The van der Waals surface area contributed by atoms with E-state index in [9.17, 15) is 18.5 Å². The van der Waals surface area contributed by atoms with E-state index in [0.717, 1.165) is 25.3 Å². The third kappa shape index (κ3) is 3.61. The maximum absolute atomic E-state index is 11.8. The van der Waals surface area contributed by atoms with Crippen molar-refractivity contribution in [3.63, 3.8) is 0 Å². The first-order valence-corrected chi connectivity index (χ1v) is 8.48. The first-order chi connectivity index (χ1) is 10.3. The summed E-state index contributed by atoms with van der Waals surface area (Å²) in [6.45, 7) is 2.77. The Labute approximate surface area is 127 Å². The number of aromatic nitrogens is 2. The molecule has 0 saturated heterocycles. The summed E-state index contributed by atoms with van der Waals surface area (Å²) in [5.41, 5.74) is 0.629. The van der Waals surface area contributed by atoms with Gasteiger partial charge in [-0.2, -0.15) is 5.10 Å². The van der Waals surface area contributed by atoms with E-state index in [4.69, 9.17) is 0 Å². The van der Waals surface area contributed by atoms with Crippen LogP contribution in [-0.4, -0.2) is 29.4 Å². The van der Waals surface area contributed by atoms with Crippen LogP contribution < -0.4 is 5.32 Å². The van der Waals surface area contributed by atoms with Crippen molar-refractivity contribution < 1.29 is 13.3 Å². The Morgan fingerprint density at radius 1 is 1.41 bits per heavy atom. The molecule has 0 aliphatic carbocycles. The Morgan fingerprint density at radius 3 is 2.73 bits per heavy atom. The number of nitro benzene ring substituents is 1. The fourth-order valence-corrected chi connectivity index (χ4v) is 2.82. The van der Waals surface area contributed by atoms with E-state index in [1.54, 1.807) is 17.1 Å². The van der Waals surface area contributed by atoms with Gasteiger partial charge in [0.2, 0.25) is 0 Å². The number of sulfone groups is 1. The molecule has 9 heteroatoms. The molecule has 0 saturated carbocycles. The fraction of sp³-hybridized carbons (Fsp3) is 0.308. The molecule has 0 aliphatic heterocycles. The van der Waals surface area contributed by atoms with E-state index in [0.29, 0.717) is 5.69 Å². The second kappa shape index (κ2) is 6.14. The lowest BCUT2D eigenvalue weighted by Gasteiger charge is -2.09. The van der Waals surface area contributed by atoms with Crippen molar-refractivity contribution >= 4 is 26.9 Å². The normalized spacial score (nSPS) is 11.4. The fourth-order valence-electron chi connectivity index (χ4n) is 1.97. The summed E-state index contributed by atoms with van der Waals surface area (Å²) >= 11 is 0.